The minimum absolute atomic E-state index is 0.189. The second-order valence-electron chi connectivity index (χ2n) is 6.30. The SMILES string of the molecule is O=C(Cn1ccc2cc(Br)ccc21)NNC(=S)Nc1cccc2ccccc12. The minimum Gasteiger partial charge on any atom is -0.338 e. The van der Waals surface area contributed by atoms with Gasteiger partial charge in [0, 0.05) is 32.6 Å². The number of carbonyl (C=O) groups excluding carboxylic acids is 1. The van der Waals surface area contributed by atoms with E-state index in [0.717, 1.165) is 31.8 Å². The maximum atomic E-state index is 12.3. The molecule has 4 rings (SSSR count). The van der Waals surface area contributed by atoms with Gasteiger partial charge in [0.2, 0.25) is 0 Å². The number of aromatic nitrogens is 1. The first kappa shape index (κ1) is 18.5. The summed E-state index contributed by atoms with van der Waals surface area (Å²) in [5.74, 6) is -0.192. The van der Waals surface area contributed by atoms with Gasteiger partial charge in [0.25, 0.3) is 5.91 Å². The van der Waals surface area contributed by atoms with E-state index in [1.807, 2.05) is 77.5 Å². The van der Waals surface area contributed by atoms with Gasteiger partial charge in [-0.1, -0.05) is 52.3 Å². The lowest BCUT2D eigenvalue weighted by Crippen LogP contribution is -2.45. The Kier molecular flexibility index (Phi) is 5.27. The molecule has 0 aliphatic rings. The van der Waals surface area contributed by atoms with Crippen LogP contribution in [-0.4, -0.2) is 15.6 Å². The molecule has 0 fully saturated rings. The molecule has 5 nitrogen and oxygen atoms in total. The number of nitrogens with one attached hydrogen (secondary N) is 3. The average molecular weight is 453 g/mol. The highest BCUT2D eigenvalue weighted by Crippen LogP contribution is 2.23. The molecule has 140 valence electrons. The molecule has 0 saturated heterocycles. The first-order valence-electron chi connectivity index (χ1n) is 8.68. The van der Waals surface area contributed by atoms with Crippen LogP contribution in [0.15, 0.2) is 77.4 Å². The Morgan fingerprint density at radius 1 is 0.964 bits per heavy atom. The van der Waals surface area contributed by atoms with Crippen LogP contribution >= 0.6 is 28.1 Å². The largest absolute Gasteiger partial charge is 0.338 e. The van der Waals surface area contributed by atoms with Crippen LogP contribution in [0.5, 0.6) is 0 Å². The van der Waals surface area contributed by atoms with E-state index in [1.165, 1.54) is 0 Å². The Morgan fingerprint density at radius 2 is 1.79 bits per heavy atom. The summed E-state index contributed by atoms with van der Waals surface area (Å²) < 4.78 is 2.90. The molecule has 4 aromatic rings. The van der Waals surface area contributed by atoms with Crippen molar-refractivity contribution in [2.75, 3.05) is 5.32 Å². The molecule has 1 amide bonds. The molecule has 0 atom stereocenters. The Morgan fingerprint density at radius 3 is 2.68 bits per heavy atom. The average Bonchev–Trinajstić information content (AvgIpc) is 3.08. The van der Waals surface area contributed by atoms with Crippen molar-refractivity contribution in [1.82, 2.24) is 15.4 Å². The Labute approximate surface area is 175 Å². The first-order valence-corrected chi connectivity index (χ1v) is 9.88. The highest BCUT2D eigenvalue weighted by Gasteiger charge is 2.08. The number of fused-ring (bicyclic) bond motifs is 2. The van der Waals surface area contributed by atoms with Crippen LogP contribution in [0.1, 0.15) is 0 Å². The zero-order valence-electron chi connectivity index (χ0n) is 14.8. The Hall–Kier alpha value is -2.90. The van der Waals surface area contributed by atoms with Crippen LogP contribution in [-0.2, 0) is 11.3 Å². The topological polar surface area (TPSA) is 58.1 Å². The van der Waals surface area contributed by atoms with Crippen molar-refractivity contribution in [3.63, 3.8) is 0 Å². The summed E-state index contributed by atoms with van der Waals surface area (Å²) in [7, 11) is 0. The smallest absolute Gasteiger partial charge is 0.258 e. The molecular formula is C21H17BrN4OS. The van der Waals surface area contributed by atoms with Crippen molar-refractivity contribution in [3.8, 4) is 0 Å². The molecule has 0 unspecified atom stereocenters. The van der Waals surface area contributed by atoms with Crippen molar-refractivity contribution < 1.29 is 4.79 Å². The van der Waals surface area contributed by atoms with E-state index in [9.17, 15) is 4.79 Å². The van der Waals surface area contributed by atoms with Crippen molar-refractivity contribution >= 4 is 66.5 Å². The lowest BCUT2D eigenvalue weighted by molar-refractivity contribution is -0.122. The van der Waals surface area contributed by atoms with Crippen LogP contribution in [0.3, 0.4) is 0 Å². The molecule has 0 saturated carbocycles. The van der Waals surface area contributed by atoms with Gasteiger partial charge < -0.3 is 9.88 Å². The quantitative estimate of drug-likeness (QED) is 0.314. The first-order chi connectivity index (χ1) is 13.6. The summed E-state index contributed by atoms with van der Waals surface area (Å²) in [6.07, 6.45) is 1.89. The molecule has 1 aromatic heterocycles. The van der Waals surface area contributed by atoms with Crippen LogP contribution in [0.25, 0.3) is 21.7 Å². The number of benzene rings is 3. The second-order valence-corrected chi connectivity index (χ2v) is 7.62. The fraction of sp³-hybridized carbons (Fsp3) is 0.0476. The van der Waals surface area contributed by atoms with E-state index in [0.29, 0.717) is 5.11 Å². The van der Waals surface area contributed by atoms with Gasteiger partial charge >= 0.3 is 0 Å². The van der Waals surface area contributed by atoms with E-state index < -0.39 is 0 Å². The molecule has 0 aliphatic heterocycles. The van der Waals surface area contributed by atoms with Gasteiger partial charge in [-0.05, 0) is 47.9 Å². The number of hydrogen-bond acceptors (Lipinski definition) is 2. The highest BCUT2D eigenvalue weighted by molar-refractivity contribution is 9.10. The van der Waals surface area contributed by atoms with E-state index in [-0.39, 0.29) is 12.5 Å². The number of rotatable bonds is 3. The lowest BCUT2D eigenvalue weighted by Gasteiger charge is -2.14. The monoisotopic (exact) mass is 452 g/mol. The van der Waals surface area contributed by atoms with Crippen LogP contribution in [0, 0.1) is 0 Å². The predicted molar refractivity (Wildman–Crippen MR) is 121 cm³/mol. The number of anilines is 1. The zero-order chi connectivity index (χ0) is 19.5. The highest BCUT2D eigenvalue weighted by atomic mass is 79.9. The number of nitrogens with zero attached hydrogens (tertiary/aromatic N) is 1. The molecular weight excluding hydrogens is 436 g/mol. The summed E-state index contributed by atoms with van der Waals surface area (Å²) in [5.41, 5.74) is 7.28. The van der Waals surface area contributed by atoms with E-state index in [2.05, 4.69) is 32.1 Å². The summed E-state index contributed by atoms with van der Waals surface area (Å²) in [4.78, 5) is 12.3. The van der Waals surface area contributed by atoms with Crippen LogP contribution in [0.4, 0.5) is 5.69 Å². The normalized spacial score (nSPS) is 10.8. The zero-order valence-corrected chi connectivity index (χ0v) is 17.2. The van der Waals surface area contributed by atoms with Gasteiger partial charge in [-0.3, -0.25) is 15.6 Å². The number of hydrogen-bond donors (Lipinski definition) is 3. The molecule has 0 bridgehead atoms. The number of carbonyl (C=O) groups is 1. The fourth-order valence-corrected chi connectivity index (χ4v) is 3.66. The van der Waals surface area contributed by atoms with Gasteiger partial charge in [0.15, 0.2) is 5.11 Å². The van der Waals surface area contributed by atoms with Gasteiger partial charge in [0.05, 0.1) is 0 Å². The van der Waals surface area contributed by atoms with Crippen LogP contribution < -0.4 is 16.2 Å². The van der Waals surface area contributed by atoms with E-state index >= 15 is 0 Å². The molecule has 3 N–H and O–H groups in total. The van der Waals surface area contributed by atoms with Gasteiger partial charge in [0.1, 0.15) is 6.54 Å². The maximum Gasteiger partial charge on any atom is 0.258 e. The number of thiocarbonyl (C=S) groups is 1. The van der Waals surface area contributed by atoms with Crippen molar-refractivity contribution in [2.45, 2.75) is 6.54 Å². The van der Waals surface area contributed by atoms with E-state index in [4.69, 9.17) is 12.2 Å². The molecule has 28 heavy (non-hydrogen) atoms. The molecule has 3 aromatic carbocycles. The summed E-state index contributed by atoms with van der Waals surface area (Å²) in [6.45, 7) is 0.189. The number of halogens is 1. The van der Waals surface area contributed by atoms with Crippen molar-refractivity contribution in [2.24, 2.45) is 0 Å². The standard InChI is InChI=1S/C21H17BrN4OS/c22-16-8-9-19-15(12-16)10-11-26(19)13-20(27)24-25-21(28)23-18-7-3-5-14-4-1-2-6-17(14)18/h1-12H,13H2,(H,24,27)(H2,23,25,28). The summed E-state index contributed by atoms with van der Waals surface area (Å²) in [5, 5.41) is 6.70. The predicted octanol–water partition coefficient (Wildman–Crippen LogP) is 4.57. The molecule has 7 heteroatoms. The van der Waals surface area contributed by atoms with Gasteiger partial charge in [-0.25, -0.2) is 0 Å². The number of amides is 1. The Bertz CT molecular complexity index is 1180. The van der Waals surface area contributed by atoms with Crippen molar-refractivity contribution in [1.29, 1.82) is 0 Å². The fourth-order valence-electron chi connectivity index (χ4n) is 3.12. The summed E-state index contributed by atoms with van der Waals surface area (Å²) >= 11 is 8.76. The molecule has 1 heterocycles. The van der Waals surface area contributed by atoms with Gasteiger partial charge in [-0.2, -0.15) is 0 Å². The third-order valence-electron chi connectivity index (χ3n) is 4.40. The molecule has 0 aliphatic carbocycles. The third kappa shape index (κ3) is 4.00. The molecule has 0 radical (unpaired) electrons. The minimum atomic E-state index is -0.192. The maximum absolute atomic E-state index is 12.3. The van der Waals surface area contributed by atoms with Crippen LogP contribution in [0.2, 0.25) is 0 Å². The number of hydrazine groups is 1. The van der Waals surface area contributed by atoms with E-state index in [1.54, 1.807) is 0 Å². The third-order valence-corrected chi connectivity index (χ3v) is 5.10. The van der Waals surface area contributed by atoms with Gasteiger partial charge in [-0.15, -0.1) is 0 Å². The summed E-state index contributed by atoms with van der Waals surface area (Å²) in [6, 6.07) is 21.9. The molecule has 0 spiro atoms. The van der Waals surface area contributed by atoms with Crippen molar-refractivity contribution in [3.05, 3.63) is 77.4 Å². The second kappa shape index (κ2) is 8.00. The lowest BCUT2D eigenvalue weighted by atomic mass is 10.1. The Balaban J connectivity index is 1.37.